The molecule has 6 nitrogen and oxygen atoms in total. The van der Waals surface area contributed by atoms with E-state index in [1.807, 2.05) is 0 Å². The van der Waals surface area contributed by atoms with Crippen molar-refractivity contribution in [2.45, 2.75) is 0 Å². The van der Waals surface area contributed by atoms with Gasteiger partial charge in [0.15, 0.2) is 0 Å². The van der Waals surface area contributed by atoms with Crippen LogP contribution in [0.4, 0.5) is 14.9 Å². The van der Waals surface area contributed by atoms with E-state index in [2.05, 4.69) is 16.0 Å². The van der Waals surface area contributed by atoms with Crippen LogP contribution in [-0.4, -0.2) is 25.0 Å². The molecule has 0 aliphatic rings. The molecule has 2 rings (SSSR count). The van der Waals surface area contributed by atoms with Crippen LogP contribution in [0.15, 0.2) is 36.4 Å². The van der Waals surface area contributed by atoms with E-state index in [-0.39, 0.29) is 35.3 Å². The van der Waals surface area contributed by atoms with Crippen molar-refractivity contribution in [3.63, 3.8) is 0 Å². The summed E-state index contributed by atoms with van der Waals surface area (Å²) in [5.41, 5.74) is 0.535. The van der Waals surface area contributed by atoms with Crippen molar-refractivity contribution in [2.75, 3.05) is 18.4 Å². The minimum Gasteiger partial charge on any atom is -0.350 e. The second-order valence-electron chi connectivity index (χ2n) is 5.07. The first kappa shape index (κ1) is 19.5. The van der Waals surface area contributed by atoms with Gasteiger partial charge in [-0.15, -0.1) is 0 Å². The van der Waals surface area contributed by atoms with Gasteiger partial charge in [0.05, 0.1) is 21.3 Å². The first-order valence-corrected chi connectivity index (χ1v) is 8.14. The Morgan fingerprint density at radius 3 is 2.46 bits per heavy atom. The van der Waals surface area contributed by atoms with Crippen LogP contribution >= 0.6 is 23.2 Å². The fourth-order valence-corrected chi connectivity index (χ4v) is 2.27. The van der Waals surface area contributed by atoms with E-state index < -0.39 is 11.8 Å². The highest BCUT2D eigenvalue weighted by molar-refractivity contribution is 6.42. The van der Waals surface area contributed by atoms with Crippen LogP contribution in [0.5, 0.6) is 0 Å². The smallest absolute Gasteiger partial charge is 0.319 e. The van der Waals surface area contributed by atoms with Crippen LogP contribution in [0.2, 0.25) is 10.0 Å². The molecule has 0 radical (unpaired) electrons. The Morgan fingerprint density at radius 1 is 1.04 bits per heavy atom. The van der Waals surface area contributed by atoms with E-state index in [1.165, 1.54) is 24.3 Å². The van der Waals surface area contributed by atoms with Gasteiger partial charge in [0.25, 0.3) is 5.91 Å². The van der Waals surface area contributed by atoms with E-state index in [4.69, 9.17) is 28.5 Å². The lowest BCUT2D eigenvalue weighted by Crippen LogP contribution is -2.36. The molecule has 26 heavy (non-hydrogen) atoms. The van der Waals surface area contributed by atoms with E-state index in [0.29, 0.717) is 10.6 Å². The molecule has 0 saturated carbocycles. The number of hydrogen-bond donors (Lipinski definition) is 3. The molecule has 3 amide bonds. The summed E-state index contributed by atoms with van der Waals surface area (Å²) in [6, 6.07) is 9.13. The Balaban J connectivity index is 1.79. The summed E-state index contributed by atoms with van der Waals surface area (Å²) in [7, 11) is 0. The monoisotopic (exact) mass is 394 g/mol. The number of nitriles is 1. The normalized spacial score (nSPS) is 9.92. The predicted molar refractivity (Wildman–Crippen MR) is 96.9 cm³/mol. The number of carbonyl (C=O) groups excluding carboxylic acids is 2. The van der Waals surface area contributed by atoms with Gasteiger partial charge in [0.2, 0.25) is 0 Å². The van der Waals surface area contributed by atoms with E-state index in [0.717, 1.165) is 12.1 Å². The van der Waals surface area contributed by atoms with Gasteiger partial charge in [0.1, 0.15) is 11.9 Å². The summed E-state index contributed by atoms with van der Waals surface area (Å²) in [6.45, 7) is 0.309. The quantitative estimate of drug-likeness (QED) is 0.676. The van der Waals surface area contributed by atoms with Gasteiger partial charge < -0.3 is 16.0 Å². The first-order chi connectivity index (χ1) is 12.4. The van der Waals surface area contributed by atoms with Gasteiger partial charge in [-0.3, -0.25) is 4.79 Å². The minimum absolute atomic E-state index is 0.00747. The Labute approximate surface area is 158 Å². The van der Waals surface area contributed by atoms with Crippen molar-refractivity contribution in [1.29, 1.82) is 5.26 Å². The summed E-state index contributed by atoms with van der Waals surface area (Å²) in [6.07, 6.45) is 0. The second-order valence-corrected chi connectivity index (χ2v) is 5.88. The molecule has 2 aromatic carbocycles. The lowest BCUT2D eigenvalue weighted by atomic mass is 10.2. The zero-order valence-electron chi connectivity index (χ0n) is 13.3. The number of benzene rings is 2. The largest absolute Gasteiger partial charge is 0.350 e. The number of carbonyl (C=O) groups is 2. The highest BCUT2D eigenvalue weighted by Gasteiger charge is 2.09. The molecule has 0 saturated heterocycles. The van der Waals surface area contributed by atoms with Crippen LogP contribution < -0.4 is 16.0 Å². The molecule has 0 aliphatic carbocycles. The third kappa shape index (κ3) is 5.34. The maximum absolute atomic E-state index is 13.0. The first-order valence-electron chi connectivity index (χ1n) is 7.38. The summed E-state index contributed by atoms with van der Waals surface area (Å²) >= 11 is 11.6. The standard InChI is InChI=1S/C17H13Cl2FN4O2/c18-13-3-1-10(8-14(13)19)16(25)22-5-6-23-17(26)24-15-4-2-12(20)7-11(15)9-21/h1-4,7-8H,5-6H2,(H,22,25)(H2,23,24,26). The van der Waals surface area contributed by atoms with Crippen LogP contribution in [0.1, 0.15) is 15.9 Å². The number of urea groups is 1. The molecule has 0 unspecified atom stereocenters. The zero-order valence-corrected chi connectivity index (χ0v) is 14.8. The van der Waals surface area contributed by atoms with Crippen molar-refractivity contribution < 1.29 is 14.0 Å². The highest BCUT2D eigenvalue weighted by Crippen LogP contribution is 2.22. The summed E-state index contributed by atoms with van der Waals surface area (Å²) < 4.78 is 13.0. The fraction of sp³-hybridized carbons (Fsp3) is 0.118. The predicted octanol–water partition coefficient (Wildman–Crippen LogP) is 3.56. The number of anilines is 1. The lowest BCUT2D eigenvalue weighted by molar-refractivity contribution is 0.0954. The molecule has 0 atom stereocenters. The SMILES string of the molecule is N#Cc1cc(F)ccc1NC(=O)NCCNC(=O)c1ccc(Cl)c(Cl)c1. The van der Waals surface area contributed by atoms with E-state index in [1.54, 1.807) is 6.07 Å². The molecule has 0 bridgehead atoms. The number of rotatable bonds is 5. The molecule has 0 fully saturated rings. The maximum Gasteiger partial charge on any atom is 0.319 e. The van der Waals surface area contributed by atoms with Gasteiger partial charge in [-0.2, -0.15) is 5.26 Å². The molecule has 134 valence electrons. The molecule has 3 N–H and O–H groups in total. The third-order valence-electron chi connectivity index (χ3n) is 3.23. The summed E-state index contributed by atoms with van der Waals surface area (Å²) in [5.74, 6) is -0.936. The van der Waals surface area contributed by atoms with Crippen molar-refractivity contribution in [1.82, 2.24) is 10.6 Å². The highest BCUT2D eigenvalue weighted by atomic mass is 35.5. The average Bonchev–Trinajstić information content (AvgIpc) is 2.62. The third-order valence-corrected chi connectivity index (χ3v) is 3.97. The van der Waals surface area contributed by atoms with Gasteiger partial charge in [-0.1, -0.05) is 23.2 Å². The van der Waals surface area contributed by atoms with E-state index in [9.17, 15) is 14.0 Å². The summed E-state index contributed by atoms with van der Waals surface area (Å²) in [5, 5.41) is 17.1. The Kier molecular flexibility index (Phi) is 6.78. The van der Waals surface area contributed by atoms with Crippen molar-refractivity contribution in [3.05, 3.63) is 63.4 Å². The number of nitrogens with one attached hydrogen (secondary N) is 3. The molecule has 0 heterocycles. The number of hydrogen-bond acceptors (Lipinski definition) is 3. The van der Waals surface area contributed by atoms with Gasteiger partial charge in [0, 0.05) is 18.7 Å². The molecular formula is C17H13Cl2FN4O2. The molecule has 9 heteroatoms. The molecule has 0 aromatic heterocycles. The van der Waals surface area contributed by atoms with Crippen LogP contribution in [0.25, 0.3) is 0 Å². The number of nitrogens with zero attached hydrogens (tertiary/aromatic N) is 1. The Morgan fingerprint density at radius 2 is 1.77 bits per heavy atom. The van der Waals surface area contributed by atoms with Gasteiger partial charge in [-0.05, 0) is 36.4 Å². The minimum atomic E-state index is -0.586. The van der Waals surface area contributed by atoms with Gasteiger partial charge in [-0.25, -0.2) is 9.18 Å². The van der Waals surface area contributed by atoms with Crippen molar-refractivity contribution >= 4 is 40.8 Å². The Hall–Kier alpha value is -2.82. The van der Waals surface area contributed by atoms with E-state index >= 15 is 0 Å². The lowest BCUT2D eigenvalue weighted by Gasteiger charge is -2.10. The number of halogens is 3. The van der Waals surface area contributed by atoms with Gasteiger partial charge >= 0.3 is 6.03 Å². The molecule has 2 aromatic rings. The Bertz CT molecular complexity index is 884. The van der Waals surface area contributed by atoms with Crippen LogP contribution in [0, 0.1) is 17.1 Å². The van der Waals surface area contributed by atoms with Crippen molar-refractivity contribution in [3.8, 4) is 6.07 Å². The topological polar surface area (TPSA) is 94.0 Å². The maximum atomic E-state index is 13.0. The number of amides is 3. The molecular weight excluding hydrogens is 382 g/mol. The fourth-order valence-electron chi connectivity index (χ4n) is 1.98. The summed E-state index contributed by atoms with van der Waals surface area (Å²) in [4.78, 5) is 23.7. The molecule has 0 spiro atoms. The average molecular weight is 395 g/mol. The van der Waals surface area contributed by atoms with Crippen LogP contribution in [0.3, 0.4) is 0 Å². The molecule has 0 aliphatic heterocycles. The van der Waals surface area contributed by atoms with Crippen LogP contribution in [-0.2, 0) is 0 Å². The zero-order chi connectivity index (χ0) is 19.1. The second kappa shape index (κ2) is 9.04. The van der Waals surface area contributed by atoms with Crippen molar-refractivity contribution in [2.24, 2.45) is 0 Å².